The Balaban J connectivity index is 1.42. The van der Waals surface area contributed by atoms with Crippen molar-refractivity contribution in [3.63, 3.8) is 0 Å². The van der Waals surface area contributed by atoms with Crippen LogP contribution in [0.5, 0.6) is 0 Å². The number of benzene rings is 2. The zero-order valence-electron chi connectivity index (χ0n) is 17.6. The second-order valence-corrected chi connectivity index (χ2v) is 8.39. The second kappa shape index (κ2) is 9.44. The van der Waals surface area contributed by atoms with E-state index in [2.05, 4.69) is 10.3 Å². The molecule has 2 unspecified atom stereocenters. The number of H-pyrrole nitrogens is 1. The minimum absolute atomic E-state index is 0.0913. The smallest absolute Gasteiger partial charge is 0.328 e. The number of amides is 2. The summed E-state index contributed by atoms with van der Waals surface area (Å²) in [6.45, 7) is 0.712. The van der Waals surface area contributed by atoms with Gasteiger partial charge in [0.25, 0.3) is 0 Å². The summed E-state index contributed by atoms with van der Waals surface area (Å²) in [4.78, 5) is 42.6. The minimum atomic E-state index is -0.841. The first-order chi connectivity index (χ1) is 15.4. The number of carbonyl (C=O) groups excluding carboxylic acids is 3. The van der Waals surface area contributed by atoms with Gasteiger partial charge in [-0.1, -0.05) is 41.9 Å². The van der Waals surface area contributed by atoms with Gasteiger partial charge in [-0.3, -0.25) is 9.59 Å². The normalized spacial score (nSPS) is 16.9. The van der Waals surface area contributed by atoms with Crippen LogP contribution in [0, 0.1) is 5.92 Å². The molecule has 1 aliphatic heterocycles. The molecule has 4 rings (SSSR count). The number of likely N-dealkylation sites (tertiary alicyclic amines) is 1. The van der Waals surface area contributed by atoms with E-state index in [1.165, 1.54) is 7.11 Å². The summed E-state index contributed by atoms with van der Waals surface area (Å²) >= 11 is 5.92. The first-order valence-electron chi connectivity index (χ1n) is 10.4. The maximum absolute atomic E-state index is 12.9. The third kappa shape index (κ3) is 4.78. The highest BCUT2D eigenvalue weighted by molar-refractivity contribution is 6.30. The van der Waals surface area contributed by atoms with Gasteiger partial charge in [0.1, 0.15) is 6.04 Å². The molecule has 7 nitrogen and oxygen atoms in total. The van der Waals surface area contributed by atoms with Crippen LogP contribution >= 0.6 is 11.6 Å². The van der Waals surface area contributed by atoms with E-state index in [1.54, 1.807) is 17.0 Å². The number of fused-ring (bicyclic) bond motifs is 1. The van der Waals surface area contributed by atoms with E-state index in [4.69, 9.17) is 16.3 Å². The molecule has 0 aliphatic carbocycles. The number of aromatic nitrogens is 1. The lowest BCUT2D eigenvalue weighted by Gasteiger charge is -2.19. The monoisotopic (exact) mass is 453 g/mol. The molecule has 0 radical (unpaired) electrons. The van der Waals surface area contributed by atoms with Crippen molar-refractivity contribution in [2.24, 2.45) is 5.92 Å². The Morgan fingerprint density at radius 3 is 2.72 bits per heavy atom. The Bertz CT molecular complexity index is 1140. The number of ether oxygens (including phenoxy) is 1. The van der Waals surface area contributed by atoms with Crippen molar-refractivity contribution < 1.29 is 19.1 Å². The van der Waals surface area contributed by atoms with Gasteiger partial charge in [-0.15, -0.1) is 0 Å². The maximum atomic E-state index is 12.9. The summed E-state index contributed by atoms with van der Waals surface area (Å²) in [6.07, 6.45) is 2.23. The molecule has 0 bridgehead atoms. The Morgan fingerprint density at radius 1 is 1.22 bits per heavy atom. The number of aromatic amines is 1. The number of carbonyl (C=O) groups is 3. The Labute approximate surface area is 190 Å². The van der Waals surface area contributed by atoms with Crippen LogP contribution in [0.15, 0.2) is 54.7 Å². The van der Waals surface area contributed by atoms with Gasteiger partial charge in [0.05, 0.1) is 13.0 Å². The topological polar surface area (TPSA) is 91.5 Å². The summed E-state index contributed by atoms with van der Waals surface area (Å²) in [5.41, 5.74) is 2.80. The van der Waals surface area contributed by atoms with Crippen LogP contribution in [0.1, 0.15) is 17.5 Å². The molecule has 1 fully saturated rings. The highest BCUT2D eigenvalue weighted by atomic mass is 35.5. The summed E-state index contributed by atoms with van der Waals surface area (Å²) in [7, 11) is 1.30. The molecule has 166 valence electrons. The van der Waals surface area contributed by atoms with Crippen molar-refractivity contribution in [1.29, 1.82) is 0 Å². The number of hydrogen-bond donors (Lipinski definition) is 2. The number of rotatable bonds is 7. The molecule has 1 saturated heterocycles. The molecule has 1 aliphatic rings. The van der Waals surface area contributed by atoms with Gasteiger partial charge in [0, 0.05) is 48.1 Å². The van der Waals surface area contributed by atoms with Crippen molar-refractivity contribution in [2.75, 3.05) is 13.7 Å². The third-order valence-electron chi connectivity index (χ3n) is 5.77. The standard InChI is InChI=1S/C24H24ClN3O4/c1-32-24(31)21(10-16-12-26-20-5-3-2-4-19(16)20)27-23(30)17-11-22(29)28(14-17)13-15-6-8-18(25)9-7-15/h2-9,12,17,21,26H,10-11,13-14H2,1H3,(H,27,30). The number of para-hydroxylation sites is 1. The summed E-state index contributed by atoms with van der Waals surface area (Å²) in [5, 5.41) is 4.42. The predicted molar refractivity (Wildman–Crippen MR) is 121 cm³/mol. The van der Waals surface area contributed by atoms with Gasteiger partial charge in [-0.25, -0.2) is 4.79 Å². The van der Waals surface area contributed by atoms with E-state index in [0.717, 1.165) is 22.0 Å². The number of halogens is 1. The molecule has 2 amide bonds. The zero-order valence-corrected chi connectivity index (χ0v) is 18.4. The summed E-state index contributed by atoms with van der Waals surface area (Å²) < 4.78 is 4.92. The van der Waals surface area contributed by atoms with E-state index < -0.39 is 17.9 Å². The third-order valence-corrected chi connectivity index (χ3v) is 6.03. The molecule has 2 atom stereocenters. The quantitative estimate of drug-likeness (QED) is 0.538. The fraction of sp³-hybridized carbons (Fsp3) is 0.292. The van der Waals surface area contributed by atoms with Crippen molar-refractivity contribution >= 4 is 40.3 Å². The van der Waals surface area contributed by atoms with E-state index in [1.807, 2.05) is 42.6 Å². The number of nitrogens with zero attached hydrogens (tertiary/aromatic N) is 1. The summed E-state index contributed by atoms with van der Waals surface area (Å²) in [5.74, 6) is -1.46. The van der Waals surface area contributed by atoms with Crippen molar-refractivity contribution in [3.8, 4) is 0 Å². The molecule has 3 aromatic rings. The lowest BCUT2D eigenvalue weighted by Crippen LogP contribution is -2.46. The summed E-state index contributed by atoms with van der Waals surface area (Å²) in [6, 6.07) is 14.2. The van der Waals surface area contributed by atoms with E-state index in [0.29, 0.717) is 18.1 Å². The van der Waals surface area contributed by atoms with Crippen LogP contribution in [-0.4, -0.2) is 47.4 Å². The largest absolute Gasteiger partial charge is 0.467 e. The number of methoxy groups -OCH3 is 1. The average Bonchev–Trinajstić information content (AvgIpc) is 3.38. The van der Waals surface area contributed by atoms with Crippen molar-refractivity contribution in [3.05, 3.63) is 70.9 Å². The highest BCUT2D eigenvalue weighted by Gasteiger charge is 2.36. The minimum Gasteiger partial charge on any atom is -0.467 e. The van der Waals surface area contributed by atoms with Gasteiger partial charge in [0.2, 0.25) is 11.8 Å². The molecular formula is C24H24ClN3O4. The average molecular weight is 454 g/mol. The Morgan fingerprint density at radius 2 is 1.97 bits per heavy atom. The molecule has 8 heteroatoms. The molecule has 2 heterocycles. The van der Waals surface area contributed by atoms with Gasteiger partial charge in [0.15, 0.2) is 0 Å². The van der Waals surface area contributed by atoms with E-state index in [9.17, 15) is 14.4 Å². The Kier molecular flexibility index (Phi) is 6.46. The molecule has 32 heavy (non-hydrogen) atoms. The van der Waals surface area contributed by atoms with Crippen LogP contribution < -0.4 is 5.32 Å². The number of hydrogen-bond acceptors (Lipinski definition) is 4. The molecule has 1 aromatic heterocycles. The fourth-order valence-corrected chi connectivity index (χ4v) is 4.18. The lowest BCUT2D eigenvalue weighted by molar-refractivity contribution is -0.145. The number of nitrogens with one attached hydrogen (secondary N) is 2. The van der Waals surface area contributed by atoms with Crippen LogP contribution in [0.2, 0.25) is 5.02 Å². The fourth-order valence-electron chi connectivity index (χ4n) is 4.06. The first kappa shape index (κ1) is 21.9. The van der Waals surface area contributed by atoms with Gasteiger partial charge >= 0.3 is 5.97 Å². The molecule has 2 aromatic carbocycles. The predicted octanol–water partition coefficient (Wildman–Crippen LogP) is 3.07. The molecular weight excluding hydrogens is 430 g/mol. The molecule has 2 N–H and O–H groups in total. The van der Waals surface area contributed by atoms with Gasteiger partial charge < -0.3 is 19.9 Å². The first-order valence-corrected chi connectivity index (χ1v) is 10.8. The molecule has 0 saturated carbocycles. The SMILES string of the molecule is COC(=O)C(Cc1c[nH]c2ccccc12)NC(=O)C1CC(=O)N(Cc2ccc(Cl)cc2)C1. The van der Waals surface area contributed by atoms with E-state index in [-0.39, 0.29) is 24.7 Å². The van der Waals surface area contributed by atoms with E-state index >= 15 is 0 Å². The molecule has 0 spiro atoms. The van der Waals surface area contributed by atoms with Crippen LogP contribution in [0.25, 0.3) is 10.9 Å². The second-order valence-electron chi connectivity index (χ2n) is 7.95. The maximum Gasteiger partial charge on any atom is 0.328 e. The van der Waals surface area contributed by atoms with Gasteiger partial charge in [-0.2, -0.15) is 0 Å². The van der Waals surface area contributed by atoms with Crippen LogP contribution in [0.4, 0.5) is 0 Å². The zero-order chi connectivity index (χ0) is 22.7. The van der Waals surface area contributed by atoms with Crippen LogP contribution in [-0.2, 0) is 32.1 Å². The number of esters is 1. The van der Waals surface area contributed by atoms with Crippen molar-refractivity contribution in [1.82, 2.24) is 15.2 Å². The van der Waals surface area contributed by atoms with Gasteiger partial charge in [-0.05, 0) is 29.3 Å². The highest BCUT2D eigenvalue weighted by Crippen LogP contribution is 2.23. The Hall–Kier alpha value is -3.32. The van der Waals surface area contributed by atoms with Crippen molar-refractivity contribution in [2.45, 2.75) is 25.4 Å². The van der Waals surface area contributed by atoms with Crippen LogP contribution in [0.3, 0.4) is 0 Å². The lowest BCUT2D eigenvalue weighted by atomic mass is 10.0.